The zero-order chi connectivity index (χ0) is 29.2. The fourth-order valence-electron chi connectivity index (χ4n) is 6.59. The van der Waals surface area contributed by atoms with E-state index in [0.717, 1.165) is 37.2 Å². The number of aromatic nitrogens is 3. The Morgan fingerprint density at radius 2 is 1.47 bits per heavy atom. The third-order valence-corrected chi connectivity index (χ3v) is 8.93. The van der Waals surface area contributed by atoms with E-state index in [1.807, 2.05) is 36.4 Å². The van der Waals surface area contributed by atoms with Gasteiger partial charge in [-0.15, -0.1) is 0 Å². The number of fused-ring (bicyclic) bond motifs is 2. The van der Waals surface area contributed by atoms with Gasteiger partial charge in [0.05, 0.1) is 44.6 Å². The van der Waals surface area contributed by atoms with Crippen molar-refractivity contribution in [1.29, 1.82) is 0 Å². The second-order valence-corrected chi connectivity index (χ2v) is 12.0. The third-order valence-electron chi connectivity index (χ3n) is 8.93. The topological polar surface area (TPSA) is 108 Å². The van der Waals surface area contributed by atoms with Crippen molar-refractivity contribution in [2.24, 2.45) is 0 Å². The molecule has 2 N–H and O–H groups in total. The van der Waals surface area contributed by atoms with Crippen LogP contribution in [-0.2, 0) is 16.0 Å². The molecule has 1 aromatic heterocycles. The van der Waals surface area contributed by atoms with E-state index in [9.17, 15) is 4.79 Å². The van der Waals surface area contributed by atoms with Gasteiger partial charge in [0.2, 0.25) is 11.9 Å². The molecule has 4 aliphatic rings. The first-order chi connectivity index (χ1) is 21.1. The van der Waals surface area contributed by atoms with Crippen molar-refractivity contribution in [1.82, 2.24) is 19.9 Å². The van der Waals surface area contributed by atoms with Crippen LogP contribution in [-0.4, -0.2) is 90.1 Å². The number of morpholine rings is 2. The summed E-state index contributed by atoms with van der Waals surface area (Å²) in [6.45, 7) is 8.85. The molecular weight excluding hydrogens is 544 g/mol. The Morgan fingerprint density at radius 3 is 2.14 bits per heavy atom. The van der Waals surface area contributed by atoms with Crippen LogP contribution < -0.4 is 20.4 Å². The van der Waals surface area contributed by atoms with E-state index < -0.39 is 0 Å². The molecule has 43 heavy (non-hydrogen) atoms. The van der Waals surface area contributed by atoms with Gasteiger partial charge in [-0.3, -0.25) is 4.90 Å². The Bertz CT molecular complexity index is 1400. The Balaban J connectivity index is 1.05. The first kappa shape index (κ1) is 28.0. The van der Waals surface area contributed by atoms with Crippen LogP contribution in [0.4, 0.5) is 28.1 Å². The molecule has 2 bridgehead atoms. The maximum atomic E-state index is 12.7. The highest BCUT2D eigenvalue weighted by molar-refractivity contribution is 5.99. The number of nitrogens with zero attached hydrogens (tertiary/aromatic N) is 6. The van der Waals surface area contributed by atoms with Crippen LogP contribution in [0.2, 0.25) is 0 Å². The smallest absolute Gasteiger partial charge is 0.323 e. The van der Waals surface area contributed by atoms with Gasteiger partial charge in [0, 0.05) is 30.0 Å². The molecule has 2 aromatic carbocycles. The predicted molar refractivity (Wildman–Crippen MR) is 167 cm³/mol. The number of carbonyl (C=O) groups is 1. The summed E-state index contributed by atoms with van der Waals surface area (Å²) in [6.07, 6.45) is 4.73. The number of ether oxygens (including phenoxy) is 2. The molecule has 2 amide bonds. The summed E-state index contributed by atoms with van der Waals surface area (Å²) in [6, 6.07) is 16.2. The highest BCUT2D eigenvalue weighted by atomic mass is 16.5. The van der Waals surface area contributed by atoms with Gasteiger partial charge in [-0.05, 0) is 87.7 Å². The van der Waals surface area contributed by atoms with Gasteiger partial charge in [0.15, 0.2) is 5.82 Å². The molecule has 0 spiro atoms. The second-order valence-electron chi connectivity index (χ2n) is 12.0. The quantitative estimate of drug-likeness (QED) is 0.419. The Kier molecular flexibility index (Phi) is 8.10. The molecule has 0 radical (unpaired) electrons. The summed E-state index contributed by atoms with van der Waals surface area (Å²) >= 11 is 0. The summed E-state index contributed by atoms with van der Waals surface area (Å²) in [4.78, 5) is 34.6. The van der Waals surface area contributed by atoms with E-state index in [2.05, 4.69) is 44.4 Å². The Labute approximate surface area is 252 Å². The van der Waals surface area contributed by atoms with Crippen molar-refractivity contribution >= 4 is 29.3 Å². The molecule has 11 nitrogen and oxygen atoms in total. The number of nitrogens with one attached hydrogen (secondary N) is 2. The SMILES string of the molecule is CC1COCCN1c1nc(-c2ccc(NC(=O)Nc3ccc(CN4CCCC4)cc3)cc2)nc(N2C3CCC2COC3)n1. The molecule has 3 atom stereocenters. The average Bonchev–Trinajstić information content (AvgIpc) is 3.63. The minimum Gasteiger partial charge on any atom is -0.377 e. The van der Waals surface area contributed by atoms with Crippen molar-refractivity contribution in [3.63, 3.8) is 0 Å². The Hall–Kier alpha value is -3.80. The number of carbonyl (C=O) groups excluding carboxylic acids is 1. The van der Waals surface area contributed by atoms with E-state index in [4.69, 9.17) is 24.4 Å². The van der Waals surface area contributed by atoms with E-state index >= 15 is 0 Å². The lowest BCUT2D eigenvalue weighted by molar-refractivity contribution is 0.0895. The summed E-state index contributed by atoms with van der Waals surface area (Å²) < 4.78 is 11.5. The normalized spacial score (nSPS) is 23.9. The highest BCUT2D eigenvalue weighted by Gasteiger charge is 2.39. The number of amides is 2. The molecule has 11 heteroatoms. The molecule has 5 heterocycles. The number of likely N-dealkylation sites (tertiary alicyclic amines) is 1. The fourth-order valence-corrected chi connectivity index (χ4v) is 6.59. The summed E-state index contributed by atoms with van der Waals surface area (Å²) in [5.74, 6) is 2.01. The number of rotatable bonds is 7. The Morgan fingerprint density at radius 1 is 0.814 bits per heavy atom. The van der Waals surface area contributed by atoms with Crippen molar-refractivity contribution in [3.05, 3.63) is 54.1 Å². The minimum atomic E-state index is -0.283. The lowest BCUT2D eigenvalue weighted by Crippen LogP contribution is -2.48. The number of urea groups is 1. The van der Waals surface area contributed by atoms with Gasteiger partial charge < -0.3 is 29.9 Å². The van der Waals surface area contributed by atoms with Crippen molar-refractivity contribution < 1.29 is 14.3 Å². The monoisotopic (exact) mass is 584 g/mol. The first-order valence-electron chi connectivity index (χ1n) is 15.6. The zero-order valence-corrected chi connectivity index (χ0v) is 24.7. The average molecular weight is 585 g/mol. The van der Waals surface area contributed by atoms with E-state index in [1.165, 1.54) is 31.5 Å². The van der Waals surface area contributed by atoms with Gasteiger partial charge in [0.1, 0.15) is 0 Å². The van der Waals surface area contributed by atoms with Crippen LogP contribution in [0.3, 0.4) is 0 Å². The predicted octanol–water partition coefficient (Wildman–Crippen LogP) is 4.37. The van der Waals surface area contributed by atoms with Crippen LogP contribution >= 0.6 is 0 Å². The van der Waals surface area contributed by atoms with Crippen LogP contribution in [0.1, 0.15) is 38.2 Å². The standard InChI is InChI=1S/C32H40N8O3/c1-22-19-42-17-16-39(22)30-35-29(36-31(37-30)40-27-12-13-28(40)21-43-20-27)24-6-10-26(11-7-24)34-32(41)33-25-8-4-23(5-9-25)18-38-14-2-3-15-38/h4-11,22,27-28H,2-3,12-21H2,1H3,(H2,33,34,41). The van der Waals surface area contributed by atoms with Crippen LogP contribution in [0.15, 0.2) is 48.5 Å². The van der Waals surface area contributed by atoms with E-state index in [1.54, 1.807) is 0 Å². The van der Waals surface area contributed by atoms with Crippen LogP contribution in [0, 0.1) is 0 Å². The van der Waals surface area contributed by atoms with Gasteiger partial charge >= 0.3 is 6.03 Å². The largest absolute Gasteiger partial charge is 0.377 e. The van der Waals surface area contributed by atoms with Crippen molar-refractivity contribution in [2.45, 2.75) is 57.3 Å². The minimum absolute atomic E-state index is 0.171. The number of hydrogen-bond acceptors (Lipinski definition) is 9. The first-order valence-corrected chi connectivity index (χ1v) is 15.6. The summed E-state index contributed by atoms with van der Waals surface area (Å²) in [5.41, 5.74) is 3.58. The molecular formula is C32H40N8O3. The third kappa shape index (κ3) is 6.29. The molecule has 0 aliphatic carbocycles. The number of benzene rings is 2. The molecule has 4 saturated heterocycles. The highest BCUT2D eigenvalue weighted by Crippen LogP contribution is 2.34. The molecule has 7 rings (SSSR count). The molecule has 3 unspecified atom stereocenters. The lowest BCUT2D eigenvalue weighted by Gasteiger charge is -2.36. The maximum Gasteiger partial charge on any atom is 0.323 e. The van der Waals surface area contributed by atoms with Gasteiger partial charge in [-0.2, -0.15) is 15.0 Å². The van der Waals surface area contributed by atoms with Crippen LogP contribution in [0.5, 0.6) is 0 Å². The second kappa shape index (κ2) is 12.4. The van der Waals surface area contributed by atoms with E-state index in [0.29, 0.717) is 49.8 Å². The van der Waals surface area contributed by atoms with Gasteiger partial charge in [-0.1, -0.05) is 12.1 Å². The fraction of sp³-hybridized carbons (Fsp3) is 0.500. The lowest BCUT2D eigenvalue weighted by atomic mass is 10.2. The maximum absolute atomic E-state index is 12.7. The summed E-state index contributed by atoms with van der Waals surface area (Å²) in [5, 5.41) is 5.87. The van der Waals surface area contributed by atoms with Gasteiger partial charge in [0.25, 0.3) is 0 Å². The molecule has 0 saturated carbocycles. The van der Waals surface area contributed by atoms with Crippen LogP contribution in [0.25, 0.3) is 11.4 Å². The van der Waals surface area contributed by atoms with Crippen molar-refractivity contribution in [2.75, 3.05) is 66.5 Å². The van der Waals surface area contributed by atoms with Gasteiger partial charge in [-0.25, -0.2) is 4.79 Å². The number of hydrogen-bond donors (Lipinski definition) is 2. The van der Waals surface area contributed by atoms with Crippen molar-refractivity contribution in [3.8, 4) is 11.4 Å². The molecule has 3 aromatic rings. The number of anilines is 4. The molecule has 4 aliphatic heterocycles. The molecule has 226 valence electrons. The van der Waals surface area contributed by atoms with E-state index in [-0.39, 0.29) is 24.2 Å². The summed E-state index contributed by atoms with van der Waals surface area (Å²) in [7, 11) is 0. The zero-order valence-electron chi connectivity index (χ0n) is 24.7. The molecule has 4 fully saturated rings.